The van der Waals surface area contributed by atoms with Crippen LogP contribution in [-0.2, 0) is 19.9 Å². The standard InChI is InChI=1S/C9H17NO2.H2O4S/c1-2-12-9(11)7-4-3-5-8(10)6-7;1-5(2,3)4/h7-8H,2-6,10H2,1H3;(H2,1,2,3,4). The third kappa shape index (κ3) is 10.2. The fourth-order valence-corrected chi connectivity index (χ4v) is 1.70. The second kappa shape index (κ2) is 7.59. The van der Waals surface area contributed by atoms with Crippen molar-refractivity contribution < 1.29 is 27.1 Å². The molecule has 1 rings (SSSR count). The van der Waals surface area contributed by atoms with E-state index in [2.05, 4.69) is 0 Å². The second-order valence-corrected chi connectivity index (χ2v) is 4.72. The van der Waals surface area contributed by atoms with Crippen LogP contribution >= 0.6 is 0 Å². The van der Waals surface area contributed by atoms with Gasteiger partial charge < -0.3 is 10.5 Å². The molecule has 17 heavy (non-hydrogen) atoms. The minimum Gasteiger partial charge on any atom is -0.466 e. The molecule has 2 unspecified atom stereocenters. The van der Waals surface area contributed by atoms with Gasteiger partial charge in [0.05, 0.1) is 12.5 Å². The summed E-state index contributed by atoms with van der Waals surface area (Å²) in [6, 6.07) is 0.202. The Balaban J connectivity index is 0.000000437. The average Bonchev–Trinajstić information content (AvgIpc) is 2.15. The van der Waals surface area contributed by atoms with Gasteiger partial charge in [0.25, 0.3) is 0 Å². The molecule has 0 bridgehead atoms. The van der Waals surface area contributed by atoms with Gasteiger partial charge in [0.1, 0.15) is 0 Å². The molecule has 0 heterocycles. The maximum absolute atomic E-state index is 11.3. The SMILES string of the molecule is CCOC(=O)C1CCCC(N)C1.O=S(=O)(O)O. The Bertz CT molecular complexity index is 320. The van der Waals surface area contributed by atoms with Gasteiger partial charge in [-0.1, -0.05) is 6.42 Å². The van der Waals surface area contributed by atoms with Crippen molar-refractivity contribution in [2.24, 2.45) is 11.7 Å². The van der Waals surface area contributed by atoms with Crippen LogP contribution in [0.15, 0.2) is 0 Å². The first-order valence-corrected chi connectivity index (χ1v) is 6.75. The van der Waals surface area contributed by atoms with Crippen LogP contribution in [0.1, 0.15) is 32.6 Å². The van der Waals surface area contributed by atoms with E-state index in [9.17, 15) is 4.79 Å². The Labute approximate surface area is 101 Å². The number of nitrogens with two attached hydrogens (primary N) is 1. The molecule has 8 heteroatoms. The Morgan fingerprint density at radius 3 is 2.35 bits per heavy atom. The Kier molecular flexibility index (Phi) is 7.28. The van der Waals surface area contributed by atoms with Crippen molar-refractivity contribution in [1.29, 1.82) is 0 Å². The van der Waals surface area contributed by atoms with Crippen LogP contribution in [0.25, 0.3) is 0 Å². The highest BCUT2D eigenvalue weighted by atomic mass is 32.3. The van der Waals surface area contributed by atoms with Crippen molar-refractivity contribution in [3.8, 4) is 0 Å². The first kappa shape index (κ1) is 16.3. The molecular weight excluding hydrogens is 250 g/mol. The van der Waals surface area contributed by atoms with Crippen LogP contribution in [0.4, 0.5) is 0 Å². The largest absolute Gasteiger partial charge is 0.466 e. The minimum absolute atomic E-state index is 0.0624. The lowest BCUT2D eigenvalue weighted by Crippen LogP contribution is -2.32. The lowest BCUT2D eigenvalue weighted by Gasteiger charge is -2.24. The molecule has 0 aromatic heterocycles. The van der Waals surface area contributed by atoms with E-state index in [0.717, 1.165) is 25.7 Å². The molecule has 2 atom stereocenters. The number of hydrogen-bond acceptors (Lipinski definition) is 5. The van der Waals surface area contributed by atoms with E-state index in [1.165, 1.54) is 0 Å². The normalized spacial score (nSPS) is 24.5. The summed E-state index contributed by atoms with van der Waals surface area (Å²) in [5.41, 5.74) is 5.75. The van der Waals surface area contributed by atoms with Crippen molar-refractivity contribution in [3.05, 3.63) is 0 Å². The molecule has 1 aliphatic rings. The molecule has 1 fully saturated rings. The van der Waals surface area contributed by atoms with Crippen LogP contribution in [0.2, 0.25) is 0 Å². The molecule has 0 spiro atoms. The lowest BCUT2D eigenvalue weighted by atomic mass is 9.86. The number of carbonyl (C=O) groups excluding carboxylic acids is 1. The summed E-state index contributed by atoms with van der Waals surface area (Å²) in [6.45, 7) is 2.31. The zero-order chi connectivity index (χ0) is 13.5. The highest BCUT2D eigenvalue weighted by Gasteiger charge is 2.25. The Hall–Kier alpha value is -0.700. The topological polar surface area (TPSA) is 127 Å². The fraction of sp³-hybridized carbons (Fsp3) is 0.889. The quantitative estimate of drug-likeness (QED) is 0.489. The van der Waals surface area contributed by atoms with Gasteiger partial charge in [-0.25, -0.2) is 0 Å². The van der Waals surface area contributed by atoms with E-state index < -0.39 is 10.4 Å². The zero-order valence-electron chi connectivity index (χ0n) is 9.70. The third-order valence-corrected chi connectivity index (χ3v) is 2.33. The molecule has 7 nitrogen and oxygen atoms in total. The first-order valence-electron chi connectivity index (χ1n) is 5.36. The van der Waals surface area contributed by atoms with Crippen LogP contribution in [0.5, 0.6) is 0 Å². The van der Waals surface area contributed by atoms with E-state index in [4.69, 9.17) is 28.0 Å². The summed E-state index contributed by atoms with van der Waals surface area (Å²) in [7, 11) is -4.67. The van der Waals surface area contributed by atoms with Gasteiger partial charge in [-0.15, -0.1) is 0 Å². The van der Waals surface area contributed by atoms with Gasteiger partial charge >= 0.3 is 16.4 Å². The molecule has 1 saturated carbocycles. The molecule has 0 aliphatic heterocycles. The van der Waals surface area contributed by atoms with Crippen molar-refractivity contribution in [2.45, 2.75) is 38.6 Å². The summed E-state index contributed by atoms with van der Waals surface area (Å²) in [5, 5.41) is 0. The number of rotatable bonds is 2. The number of esters is 1. The highest BCUT2D eigenvalue weighted by Crippen LogP contribution is 2.23. The number of hydrogen-bond donors (Lipinski definition) is 3. The number of carbonyl (C=O) groups is 1. The van der Waals surface area contributed by atoms with E-state index in [1.807, 2.05) is 6.92 Å². The summed E-state index contributed by atoms with van der Waals surface area (Å²) in [5.74, 6) is 0.00125. The molecule has 1 aliphatic carbocycles. The summed E-state index contributed by atoms with van der Waals surface area (Å²) >= 11 is 0. The summed E-state index contributed by atoms with van der Waals surface area (Å²) < 4.78 is 36.5. The average molecular weight is 269 g/mol. The van der Waals surface area contributed by atoms with Gasteiger partial charge in [0, 0.05) is 6.04 Å². The highest BCUT2D eigenvalue weighted by molar-refractivity contribution is 7.79. The lowest BCUT2D eigenvalue weighted by molar-refractivity contribution is -0.149. The Morgan fingerprint density at radius 1 is 1.41 bits per heavy atom. The molecule has 0 saturated heterocycles. The molecule has 0 aromatic carbocycles. The smallest absolute Gasteiger partial charge is 0.394 e. The minimum atomic E-state index is -4.67. The van der Waals surface area contributed by atoms with Crippen molar-refractivity contribution in [1.82, 2.24) is 0 Å². The van der Waals surface area contributed by atoms with Gasteiger partial charge in [-0.3, -0.25) is 13.9 Å². The maximum atomic E-state index is 11.3. The van der Waals surface area contributed by atoms with Crippen LogP contribution in [0, 0.1) is 5.92 Å². The van der Waals surface area contributed by atoms with Crippen molar-refractivity contribution in [2.75, 3.05) is 6.61 Å². The molecule has 0 aromatic rings. The van der Waals surface area contributed by atoms with Gasteiger partial charge in [0.15, 0.2) is 0 Å². The maximum Gasteiger partial charge on any atom is 0.394 e. The van der Waals surface area contributed by atoms with Crippen molar-refractivity contribution in [3.63, 3.8) is 0 Å². The molecule has 0 radical (unpaired) electrons. The van der Waals surface area contributed by atoms with E-state index in [1.54, 1.807) is 0 Å². The fourth-order valence-electron chi connectivity index (χ4n) is 1.70. The van der Waals surface area contributed by atoms with Gasteiger partial charge in [0.2, 0.25) is 0 Å². The molecule has 0 amide bonds. The Morgan fingerprint density at radius 2 is 1.94 bits per heavy atom. The summed E-state index contributed by atoms with van der Waals surface area (Å²) in [4.78, 5) is 11.3. The predicted molar refractivity (Wildman–Crippen MR) is 60.7 cm³/mol. The van der Waals surface area contributed by atoms with E-state index in [-0.39, 0.29) is 17.9 Å². The van der Waals surface area contributed by atoms with Crippen LogP contribution < -0.4 is 5.73 Å². The number of ether oxygens (including phenoxy) is 1. The second-order valence-electron chi connectivity index (χ2n) is 3.82. The van der Waals surface area contributed by atoms with Crippen LogP contribution in [-0.4, -0.2) is 36.1 Å². The van der Waals surface area contributed by atoms with Crippen LogP contribution in [0.3, 0.4) is 0 Å². The first-order chi connectivity index (χ1) is 7.74. The monoisotopic (exact) mass is 269 g/mol. The molecular formula is C9H19NO6S. The third-order valence-electron chi connectivity index (χ3n) is 2.33. The van der Waals surface area contributed by atoms with E-state index >= 15 is 0 Å². The molecule has 4 N–H and O–H groups in total. The van der Waals surface area contributed by atoms with Gasteiger partial charge in [-0.05, 0) is 26.2 Å². The molecule has 102 valence electrons. The summed E-state index contributed by atoms with van der Waals surface area (Å²) in [6.07, 6.45) is 3.87. The van der Waals surface area contributed by atoms with Gasteiger partial charge in [-0.2, -0.15) is 8.42 Å². The zero-order valence-corrected chi connectivity index (χ0v) is 10.5. The van der Waals surface area contributed by atoms with Crippen molar-refractivity contribution >= 4 is 16.4 Å². The predicted octanol–water partition coefficient (Wildman–Crippen LogP) is 0.414. The van der Waals surface area contributed by atoms with E-state index in [0.29, 0.717) is 6.61 Å².